The van der Waals surface area contributed by atoms with Gasteiger partial charge in [-0.25, -0.2) is 0 Å². The van der Waals surface area contributed by atoms with Crippen molar-refractivity contribution in [2.75, 3.05) is 0 Å². The van der Waals surface area contributed by atoms with Crippen LogP contribution in [-0.2, 0) is 0 Å². The third-order valence-corrected chi connectivity index (χ3v) is 4.25. The first kappa shape index (κ1) is 15.4. The van der Waals surface area contributed by atoms with Crippen LogP contribution in [0.3, 0.4) is 0 Å². The Labute approximate surface area is 160 Å². The van der Waals surface area contributed by atoms with Crippen LogP contribution in [0, 0.1) is 0 Å². The zero-order valence-corrected chi connectivity index (χ0v) is 15.3. The van der Waals surface area contributed by atoms with Crippen molar-refractivity contribution in [3.05, 3.63) is 119 Å². The van der Waals surface area contributed by atoms with Crippen LogP contribution in [0.25, 0.3) is 11.6 Å². The number of hydrogen-bond donors (Lipinski definition) is 0. The largest absolute Gasteiger partial charge is 0.0720 e. The van der Waals surface area contributed by atoms with Crippen LogP contribution in [0.2, 0.25) is 0 Å². The van der Waals surface area contributed by atoms with Crippen LogP contribution >= 0.6 is 0 Å². The normalized spacial score (nSPS) is 12.7. The van der Waals surface area contributed by atoms with Crippen LogP contribution in [0.15, 0.2) is 103 Å². The molecule has 130 valence electrons. The quantitative estimate of drug-likeness (QED) is 0.420. The van der Waals surface area contributed by atoms with E-state index < -0.39 is 0 Å². The summed E-state index contributed by atoms with van der Waals surface area (Å²) in [5.74, 6) is 0. The second-order valence-electron chi connectivity index (χ2n) is 6.31. The SMILES string of the molecule is [2H]C(C/C(CCC)=C(/[2H])c1ccccc1)=C(c1ccccc1)c1ccccc1. The Balaban J connectivity index is 2.08. The maximum atomic E-state index is 8.93. The first-order valence-corrected chi connectivity index (χ1v) is 9.25. The Morgan fingerprint density at radius 3 is 1.77 bits per heavy atom. The van der Waals surface area contributed by atoms with Gasteiger partial charge < -0.3 is 0 Å². The van der Waals surface area contributed by atoms with Crippen LogP contribution in [0.1, 0.15) is 45.6 Å². The topological polar surface area (TPSA) is 0 Å². The molecule has 0 amide bonds. The highest BCUT2D eigenvalue weighted by molar-refractivity contribution is 5.80. The van der Waals surface area contributed by atoms with Crippen molar-refractivity contribution in [3.8, 4) is 0 Å². The van der Waals surface area contributed by atoms with Crippen molar-refractivity contribution in [1.82, 2.24) is 0 Å². The molecule has 0 radical (unpaired) electrons. The Morgan fingerprint density at radius 1 is 0.769 bits per heavy atom. The van der Waals surface area contributed by atoms with Crippen LogP contribution in [0.5, 0.6) is 0 Å². The van der Waals surface area contributed by atoms with Crippen LogP contribution in [-0.4, -0.2) is 0 Å². The van der Waals surface area contributed by atoms with Gasteiger partial charge in [-0.15, -0.1) is 0 Å². The Bertz CT molecular complexity index is 898. The smallest absolute Gasteiger partial charge is 0.0629 e. The molecule has 26 heavy (non-hydrogen) atoms. The van der Waals surface area contributed by atoms with Crippen molar-refractivity contribution < 1.29 is 2.74 Å². The number of hydrogen-bond acceptors (Lipinski definition) is 0. The minimum Gasteiger partial charge on any atom is -0.0720 e. The van der Waals surface area contributed by atoms with E-state index in [1.807, 2.05) is 66.7 Å². The summed E-state index contributed by atoms with van der Waals surface area (Å²) in [4.78, 5) is 0. The molecule has 0 bridgehead atoms. The predicted octanol–water partition coefficient (Wildman–Crippen LogP) is 7.39. The maximum Gasteiger partial charge on any atom is 0.0629 e. The van der Waals surface area contributed by atoms with Gasteiger partial charge in [0, 0.05) is 0 Å². The molecule has 0 aliphatic carbocycles. The highest BCUT2D eigenvalue weighted by atomic mass is 14.1. The van der Waals surface area contributed by atoms with Crippen molar-refractivity contribution >= 4 is 11.6 Å². The average molecular weight is 341 g/mol. The fraction of sp³-hybridized carbons (Fsp3) is 0.154. The molecule has 0 spiro atoms. The molecule has 0 aliphatic heterocycles. The van der Waals surface area contributed by atoms with Gasteiger partial charge in [0.25, 0.3) is 0 Å². The molecule has 0 heteroatoms. The van der Waals surface area contributed by atoms with Crippen molar-refractivity contribution in [2.24, 2.45) is 0 Å². The summed E-state index contributed by atoms with van der Waals surface area (Å²) < 4.78 is 17.6. The number of benzene rings is 3. The second-order valence-corrected chi connectivity index (χ2v) is 6.31. The Hall–Kier alpha value is -2.86. The van der Waals surface area contributed by atoms with Crippen molar-refractivity contribution in [1.29, 1.82) is 0 Å². The van der Waals surface area contributed by atoms with Gasteiger partial charge in [0.2, 0.25) is 0 Å². The molecule has 0 saturated heterocycles. The fourth-order valence-corrected chi connectivity index (χ4v) is 3.00. The summed E-state index contributed by atoms with van der Waals surface area (Å²) in [5.41, 5.74) is 4.96. The van der Waals surface area contributed by atoms with Crippen molar-refractivity contribution in [3.63, 3.8) is 0 Å². The molecule has 3 aromatic carbocycles. The average Bonchev–Trinajstić information content (AvgIpc) is 2.75. The minimum atomic E-state index is 0.487. The van der Waals surface area contributed by atoms with E-state index in [9.17, 15) is 0 Å². The zero-order valence-electron chi connectivity index (χ0n) is 17.3. The van der Waals surface area contributed by atoms with E-state index in [4.69, 9.17) is 2.74 Å². The molecule has 0 saturated carbocycles. The van der Waals surface area contributed by atoms with E-state index in [0.717, 1.165) is 40.7 Å². The Kier molecular flexibility index (Phi) is 5.67. The maximum absolute atomic E-state index is 8.93. The highest BCUT2D eigenvalue weighted by Gasteiger charge is 2.05. The van der Waals surface area contributed by atoms with E-state index in [1.165, 1.54) is 0 Å². The van der Waals surface area contributed by atoms with Crippen molar-refractivity contribution in [2.45, 2.75) is 26.2 Å². The molecule has 0 fully saturated rings. The van der Waals surface area contributed by atoms with Gasteiger partial charge in [-0.2, -0.15) is 0 Å². The highest BCUT2D eigenvalue weighted by Crippen LogP contribution is 2.26. The Morgan fingerprint density at radius 2 is 1.27 bits per heavy atom. The third kappa shape index (κ3) is 5.07. The van der Waals surface area contributed by atoms with Gasteiger partial charge in [-0.05, 0) is 35.1 Å². The van der Waals surface area contributed by atoms with E-state index in [1.54, 1.807) is 0 Å². The number of allylic oxidation sites excluding steroid dienone is 2. The van der Waals surface area contributed by atoms with E-state index in [2.05, 4.69) is 31.2 Å². The van der Waals surface area contributed by atoms with Gasteiger partial charge in [-0.3, -0.25) is 0 Å². The van der Waals surface area contributed by atoms with Gasteiger partial charge >= 0.3 is 0 Å². The predicted molar refractivity (Wildman–Crippen MR) is 114 cm³/mol. The van der Waals surface area contributed by atoms with E-state index in [0.29, 0.717) is 18.5 Å². The molecule has 0 nitrogen and oxygen atoms in total. The zero-order chi connectivity index (χ0) is 19.8. The van der Waals surface area contributed by atoms with Gasteiger partial charge in [-0.1, -0.05) is 122 Å². The summed E-state index contributed by atoms with van der Waals surface area (Å²) in [5, 5.41) is 0. The fourth-order valence-electron chi connectivity index (χ4n) is 3.00. The monoisotopic (exact) mass is 340 g/mol. The summed E-state index contributed by atoms with van der Waals surface area (Å²) in [7, 11) is 0. The standard InChI is InChI=1S/C26H26/c1-2-12-22(21-23-13-6-3-7-14-23)19-20-26(24-15-8-4-9-16-24)25-17-10-5-11-18-25/h3-11,13-18,20-21H,2,12,19H2,1H3/b22-21-/i20D,21D. The van der Waals surface area contributed by atoms with Gasteiger partial charge in [0.05, 0.1) is 2.74 Å². The lowest BCUT2D eigenvalue weighted by atomic mass is 9.94. The molecule has 3 rings (SSSR count). The number of rotatable bonds is 7. The lowest BCUT2D eigenvalue weighted by Gasteiger charge is -2.10. The molecule has 0 aliphatic rings. The molecular formula is C26H26. The van der Waals surface area contributed by atoms with Crippen LogP contribution < -0.4 is 0 Å². The molecule has 0 N–H and O–H groups in total. The minimum absolute atomic E-state index is 0.487. The summed E-state index contributed by atoms with van der Waals surface area (Å²) in [6.45, 7) is 2.13. The van der Waals surface area contributed by atoms with E-state index in [-0.39, 0.29) is 0 Å². The lowest BCUT2D eigenvalue weighted by Crippen LogP contribution is -1.90. The van der Waals surface area contributed by atoms with Gasteiger partial charge in [0.1, 0.15) is 0 Å². The molecule has 3 aromatic rings. The summed E-state index contributed by atoms with van der Waals surface area (Å²) in [6, 6.07) is 31.2. The van der Waals surface area contributed by atoms with Crippen LogP contribution in [0.4, 0.5) is 0 Å². The van der Waals surface area contributed by atoms with Gasteiger partial charge in [0.15, 0.2) is 0 Å². The molecular weight excluding hydrogens is 312 g/mol. The van der Waals surface area contributed by atoms with E-state index >= 15 is 0 Å². The first-order valence-electron chi connectivity index (χ1n) is 10.2. The first-order chi connectivity index (χ1) is 13.7. The molecule has 0 aromatic heterocycles. The molecule has 0 heterocycles. The third-order valence-electron chi connectivity index (χ3n) is 4.25. The summed E-state index contributed by atoms with van der Waals surface area (Å²) >= 11 is 0. The second kappa shape index (κ2) is 9.58. The lowest BCUT2D eigenvalue weighted by molar-refractivity contribution is 0.887. The molecule has 0 atom stereocenters. The molecule has 0 unspecified atom stereocenters. The summed E-state index contributed by atoms with van der Waals surface area (Å²) in [6.07, 6.45) is 2.28.